The van der Waals surface area contributed by atoms with Gasteiger partial charge >= 0.3 is 0 Å². The summed E-state index contributed by atoms with van der Waals surface area (Å²) in [7, 11) is 2.91. The molecule has 0 spiro atoms. The van der Waals surface area contributed by atoms with Crippen molar-refractivity contribution in [2.75, 3.05) is 14.2 Å². The summed E-state index contributed by atoms with van der Waals surface area (Å²) in [6.07, 6.45) is -0.601. The molecule has 1 aromatic carbocycles. The van der Waals surface area contributed by atoms with Crippen molar-refractivity contribution in [2.45, 2.75) is 19.3 Å². The van der Waals surface area contributed by atoms with Crippen LogP contribution in [0.15, 0.2) is 18.2 Å². The van der Waals surface area contributed by atoms with Gasteiger partial charge in [0.25, 0.3) is 5.91 Å². The third-order valence-corrected chi connectivity index (χ3v) is 2.64. The lowest BCUT2D eigenvalue weighted by molar-refractivity contribution is -0.117. The maximum absolute atomic E-state index is 13.5. The van der Waals surface area contributed by atoms with Gasteiger partial charge in [0.05, 0.1) is 11.6 Å². The molecular formula is C12H15ClFNO3. The second-order valence-corrected chi connectivity index (χ2v) is 4.16. The lowest BCUT2D eigenvalue weighted by Gasteiger charge is -2.22. The molecule has 0 aromatic heterocycles. The Kier molecular flexibility index (Phi) is 5.53. The fourth-order valence-corrected chi connectivity index (χ4v) is 1.70. The minimum absolute atomic E-state index is 0.111. The first-order valence-electron chi connectivity index (χ1n) is 5.31. The average Bonchev–Trinajstić information content (AvgIpc) is 2.33. The molecule has 100 valence electrons. The Morgan fingerprint density at radius 2 is 2.00 bits per heavy atom. The number of carbonyl (C=O) groups excluding carboxylic acids is 1. The van der Waals surface area contributed by atoms with Gasteiger partial charge in [-0.05, 0) is 25.1 Å². The van der Waals surface area contributed by atoms with Gasteiger partial charge in [0.2, 0.25) is 0 Å². The predicted octanol–water partition coefficient (Wildman–Crippen LogP) is 2.22. The topological polar surface area (TPSA) is 47.6 Å². The summed E-state index contributed by atoms with van der Waals surface area (Å²) in [5.74, 6) is -1.20. The number of halogens is 2. The Labute approximate surface area is 110 Å². The molecule has 1 atom stereocenters. The molecule has 0 aliphatic heterocycles. The van der Waals surface area contributed by atoms with E-state index in [1.54, 1.807) is 6.92 Å². The quantitative estimate of drug-likeness (QED) is 0.838. The highest BCUT2D eigenvalue weighted by atomic mass is 35.5. The molecule has 0 saturated carbocycles. The zero-order chi connectivity index (χ0) is 13.7. The first kappa shape index (κ1) is 14.9. The van der Waals surface area contributed by atoms with Crippen molar-refractivity contribution in [3.05, 3.63) is 34.6 Å². The lowest BCUT2D eigenvalue weighted by atomic mass is 10.2. The van der Waals surface area contributed by atoms with Crippen LogP contribution in [-0.4, -0.2) is 32.5 Å². The Balaban J connectivity index is 2.79. The van der Waals surface area contributed by atoms with Crippen molar-refractivity contribution in [3.8, 4) is 0 Å². The predicted molar refractivity (Wildman–Crippen MR) is 66.1 cm³/mol. The van der Waals surface area contributed by atoms with Crippen LogP contribution in [0.5, 0.6) is 0 Å². The van der Waals surface area contributed by atoms with Gasteiger partial charge in [0, 0.05) is 19.2 Å². The maximum Gasteiger partial charge on any atom is 0.254 e. The van der Waals surface area contributed by atoms with Gasteiger partial charge in [-0.1, -0.05) is 11.6 Å². The van der Waals surface area contributed by atoms with Crippen molar-refractivity contribution >= 4 is 17.5 Å². The number of nitrogens with one attached hydrogen (secondary N) is 1. The molecule has 1 N–H and O–H groups in total. The first-order chi connectivity index (χ1) is 8.49. The van der Waals surface area contributed by atoms with E-state index in [-0.39, 0.29) is 5.56 Å². The van der Waals surface area contributed by atoms with Crippen molar-refractivity contribution < 1.29 is 18.7 Å². The molecule has 6 heteroatoms. The van der Waals surface area contributed by atoms with Crippen molar-refractivity contribution in [1.82, 2.24) is 5.32 Å². The van der Waals surface area contributed by atoms with Crippen LogP contribution in [0.3, 0.4) is 0 Å². The number of methoxy groups -OCH3 is 2. The normalized spacial score (nSPS) is 12.6. The fraction of sp³-hybridized carbons (Fsp3) is 0.417. The highest BCUT2D eigenvalue weighted by Gasteiger charge is 2.20. The number of rotatable bonds is 5. The van der Waals surface area contributed by atoms with E-state index >= 15 is 0 Å². The van der Waals surface area contributed by atoms with Crippen LogP contribution < -0.4 is 5.32 Å². The number of benzene rings is 1. The molecule has 1 unspecified atom stereocenters. The van der Waals surface area contributed by atoms with Crippen LogP contribution in [0.4, 0.5) is 4.39 Å². The molecule has 0 saturated heterocycles. The molecular weight excluding hydrogens is 261 g/mol. The smallest absolute Gasteiger partial charge is 0.254 e. The van der Waals surface area contributed by atoms with Gasteiger partial charge in [-0.3, -0.25) is 4.79 Å². The summed E-state index contributed by atoms with van der Waals surface area (Å²) >= 11 is 5.72. The van der Waals surface area contributed by atoms with Gasteiger partial charge in [-0.25, -0.2) is 4.39 Å². The number of ether oxygens (including phenoxy) is 2. The summed E-state index contributed by atoms with van der Waals surface area (Å²) in [5.41, 5.74) is -0.111. The van der Waals surface area contributed by atoms with E-state index in [9.17, 15) is 9.18 Å². The largest absolute Gasteiger partial charge is 0.354 e. The summed E-state index contributed by atoms with van der Waals surface area (Å²) in [6, 6.07) is 3.37. The monoisotopic (exact) mass is 275 g/mol. The number of carbonyl (C=O) groups is 1. The molecule has 18 heavy (non-hydrogen) atoms. The van der Waals surface area contributed by atoms with Crippen LogP contribution >= 0.6 is 11.6 Å². The van der Waals surface area contributed by atoms with Crippen molar-refractivity contribution in [3.63, 3.8) is 0 Å². The third-order valence-electron chi connectivity index (χ3n) is 2.40. The van der Waals surface area contributed by atoms with Crippen LogP contribution in [-0.2, 0) is 9.47 Å². The van der Waals surface area contributed by atoms with E-state index in [1.807, 2.05) is 0 Å². The van der Waals surface area contributed by atoms with Crippen molar-refractivity contribution in [2.24, 2.45) is 0 Å². The molecule has 0 aliphatic carbocycles. The van der Waals surface area contributed by atoms with Gasteiger partial charge < -0.3 is 14.8 Å². The summed E-state index contributed by atoms with van der Waals surface area (Å²) in [5, 5.41) is 2.87. The van der Waals surface area contributed by atoms with Gasteiger partial charge in [0.15, 0.2) is 6.29 Å². The Hall–Kier alpha value is -1.17. The first-order valence-corrected chi connectivity index (χ1v) is 5.69. The maximum atomic E-state index is 13.5. The Morgan fingerprint density at radius 3 is 2.56 bits per heavy atom. The molecule has 0 fully saturated rings. The molecule has 0 heterocycles. The number of amides is 1. The minimum Gasteiger partial charge on any atom is -0.354 e. The molecule has 4 nitrogen and oxygen atoms in total. The zero-order valence-electron chi connectivity index (χ0n) is 10.4. The fourth-order valence-electron chi connectivity index (χ4n) is 1.53. The highest BCUT2D eigenvalue weighted by Crippen LogP contribution is 2.15. The van der Waals surface area contributed by atoms with E-state index in [0.717, 1.165) is 6.07 Å². The lowest BCUT2D eigenvalue weighted by Crippen LogP contribution is -2.43. The standard InChI is InChI=1S/C12H15ClFNO3/c1-7(12(17-2)18-3)15-11(16)9-6-8(13)4-5-10(9)14/h4-7,12H,1-3H3,(H,15,16). The Bertz CT molecular complexity index is 424. The van der Waals surface area contributed by atoms with E-state index in [0.29, 0.717) is 5.02 Å². The molecule has 0 bridgehead atoms. The SMILES string of the molecule is COC(OC)C(C)NC(=O)c1cc(Cl)ccc1F. The molecule has 1 amide bonds. The Morgan fingerprint density at radius 1 is 1.39 bits per heavy atom. The average molecular weight is 276 g/mol. The summed E-state index contributed by atoms with van der Waals surface area (Å²) in [4.78, 5) is 11.8. The van der Waals surface area contributed by atoms with Crippen LogP contribution in [0.2, 0.25) is 5.02 Å². The second kappa shape index (κ2) is 6.68. The molecule has 0 aliphatic rings. The van der Waals surface area contributed by atoms with Crippen LogP contribution in [0.25, 0.3) is 0 Å². The van der Waals surface area contributed by atoms with Crippen LogP contribution in [0, 0.1) is 5.82 Å². The number of hydrogen-bond acceptors (Lipinski definition) is 3. The molecule has 1 rings (SSSR count). The van der Waals surface area contributed by atoms with E-state index < -0.39 is 24.1 Å². The summed E-state index contributed by atoms with van der Waals surface area (Å²) in [6.45, 7) is 1.69. The second-order valence-electron chi connectivity index (χ2n) is 3.73. The van der Waals surface area contributed by atoms with Gasteiger partial charge in [-0.15, -0.1) is 0 Å². The summed E-state index contributed by atoms with van der Waals surface area (Å²) < 4.78 is 23.4. The van der Waals surface area contributed by atoms with E-state index in [2.05, 4.69) is 5.32 Å². The van der Waals surface area contributed by atoms with Crippen molar-refractivity contribution in [1.29, 1.82) is 0 Å². The third kappa shape index (κ3) is 3.66. The highest BCUT2D eigenvalue weighted by molar-refractivity contribution is 6.31. The van der Waals surface area contributed by atoms with Gasteiger partial charge in [-0.2, -0.15) is 0 Å². The van der Waals surface area contributed by atoms with E-state index in [4.69, 9.17) is 21.1 Å². The molecule has 1 aromatic rings. The minimum atomic E-state index is -0.629. The van der Waals surface area contributed by atoms with E-state index in [1.165, 1.54) is 26.4 Å². The zero-order valence-corrected chi connectivity index (χ0v) is 11.1. The molecule has 0 radical (unpaired) electrons. The van der Waals surface area contributed by atoms with Gasteiger partial charge in [0.1, 0.15) is 5.82 Å². The number of hydrogen-bond donors (Lipinski definition) is 1. The van der Waals surface area contributed by atoms with Crippen LogP contribution in [0.1, 0.15) is 17.3 Å².